The highest BCUT2D eigenvalue weighted by Gasteiger charge is 2.21. The zero-order valence-corrected chi connectivity index (χ0v) is 11.7. The number of ether oxygens (including phenoxy) is 1. The van der Waals surface area contributed by atoms with E-state index in [1.807, 2.05) is 12.1 Å². The molecular weight excluding hydrogens is 310 g/mol. The van der Waals surface area contributed by atoms with Gasteiger partial charge in [0.2, 0.25) is 0 Å². The average molecular weight is 320 g/mol. The average Bonchev–Trinajstić information content (AvgIpc) is 2.70. The highest BCUT2D eigenvalue weighted by Crippen LogP contribution is 2.27. The molecule has 0 atom stereocenters. The fourth-order valence-corrected chi connectivity index (χ4v) is 2.04. The number of carbonyl (C=O) groups is 1. The SMILES string of the molecule is C#CCOc1ccc(/C=C2/C(=O)ON=C2C)cc1Br. The van der Waals surface area contributed by atoms with E-state index in [2.05, 4.69) is 31.8 Å². The van der Waals surface area contributed by atoms with Gasteiger partial charge < -0.3 is 9.57 Å². The van der Waals surface area contributed by atoms with Crippen LogP contribution in [0.2, 0.25) is 0 Å². The van der Waals surface area contributed by atoms with Gasteiger partial charge in [-0.15, -0.1) is 6.42 Å². The number of nitrogens with zero attached hydrogens (tertiary/aromatic N) is 1. The largest absolute Gasteiger partial charge is 0.480 e. The van der Waals surface area contributed by atoms with E-state index in [0.717, 1.165) is 10.0 Å². The van der Waals surface area contributed by atoms with Gasteiger partial charge in [0.1, 0.15) is 12.4 Å². The summed E-state index contributed by atoms with van der Waals surface area (Å²) in [6.45, 7) is 1.92. The summed E-state index contributed by atoms with van der Waals surface area (Å²) in [7, 11) is 0. The van der Waals surface area contributed by atoms with E-state index in [-0.39, 0.29) is 6.61 Å². The Balaban J connectivity index is 2.26. The standard InChI is InChI=1S/C14H10BrNO3/c1-3-6-18-13-5-4-10(8-12(13)15)7-11-9(2)16-19-14(11)17/h1,4-5,7-8H,6H2,2H3/b11-7+. The van der Waals surface area contributed by atoms with Crippen molar-refractivity contribution in [2.24, 2.45) is 5.16 Å². The van der Waals surface area contributed by atoms with Crippen LogP contribution in [0.25, 0.3) is 6.08 Å². The van der Waals surface area contributed by atoms with Crippen molar-refractivity contribution in [1.82, 2.24) is 0 Å². The Labute approximate surface area is 119 Å². The summed E-state index contributed by atoms with van der Waals surface area (Å²) in [4.78, 5) is 16.0. The molecule has 0 aromatic heterocycles. The smallest absolute Gasteiger partial charge is 0.367 e. The van der Waals surface area contributed by atoms with Crippen molar-refractivity contribution in [3.63, 3.8) is 0 Å². The number of benzene rings is 1. The predicted octanol–water partition coefficient (Wildman–Crippen LogP) is 2.78. The van der Waals surface area contributed by atoms with E-state index in [4.69, 9.17) is 11.2 Å². The second-order valence-electron chi connectivity index (χ2n) is 3.80. The Morgan fingerprint density at radius 1 is 1.58 bits per heavy atom. The molecule has 19 heavy (non-hydrogen) atoms. The monoisotopic (exact) mass is 319 g/mol. The van der Waals surface area contributed by atoms with Crippen molar-refractivity contribution in [3.8, 4) is 18.1 Å². The summed E-state index contributed by atoms with van der Waals surface area (Å²) in [5.74, 6) is 2.61. The quantitative estimate of drug-likeness (QED) is 0.489. The molecule has 0 amide bonds. The van der Waals surface area contributed by atoms with Crippen LogP contribution in [0.3, 0.4) is 0 Å². The number of hydrogen-bond acceptors (Lipinski definition) is 4. The van der Waals surface area contributed by atoms with Gasteiger partial charge in [0.15, 0.2) is 0 Å². The van der Waals surface area contributed by atoms with Gasteiger partial charge >= 0.3 is 5.97 Å². The van der Waals surface area contributed by atoms with Crippen LogP contribution in [-0.4, -0.2) is 18.3 Å². The van der Waals surface area contributed by atoms with Gasteiger partial charge in [-0.3, -0.25) is 0 Å². The number of halogens is 1. The molecule has 1 heterocycles. The lowest BCUT2D eigenvalue weighted by molar-refractivity contribution is -0.136. The van der Waals surface area contributed by atoms with Gasteiger partial charge in [-0.25, -0.2) is 4.79 Å². The molecule has 0 saturated carbocycles. The van der Waals surface area contributed by atoms with E-state index >= 15 is 0 Å². The second-order valence-corrected chi connectivity index (χ2v) is 4.65. The third-order valence-corrected chi connectivity index (χ3v) is 3.07. The number of carbonyl (C=O) groups excluding carboxylic acids is 1. The molecule has 1 aromatic carbocycles. The minimum Gasteiger partial charge on any atom is -0.480 e. The Morgan fingerprint density at radius 2 is 2.37 bits per heavy atom. The highest BCUT2D eigenvalue weighted by molar-refractivity contribution is 9.10. The first-order valence-electron chi connectivity index (χ1n) is 5.45. The lowest BCUT2D eigenvalue weighted by Crippen LogP contribution is -2.01. The van der Waals surface area contributed by atoms with Crippen LogP contribution >= 0.6 is 15.9 Å². The molecule has 0 spiro atoms. The minimum atomic E-state index is -0.443. The van der Waals surface area contributed by atoms with Crippen molar-refractivity contribution in [2.75, 3.05) is 6.61 Å². The molecular formula is C14H10BrNO3. The van der Waals surface area contributed by atoms with Crippen LogP contribution in [-0.2, 0) is 9.63 Å². The Morgan fingerprint density at radius 3 is 2.95 bits per heavy atom. The molecule has 0 saturated heterocycles. The summed E-state index contributed by atoms with van der Waals surface area (Å²) in [6, 6.07) is 5.43. The molecule has 1 aliphatic heterocycles. The van der Waals surface area contributed by atoms with Gasteiger partial charge in [0.25, 0.3) is 0 Å². The topological polar surface area (TPSA) is 47.9 Å². The summed E-state index contributed by atoms with van der Waals surface area (Å²) in [5.41, 5.74) is 1.85. The fourth-order valence-electron chi connectivity index (χ4n) is 1.53. The van der Waals surface area contributed by atoms with E-state index < -0.39 is 5.97 Å². The van der Waals surface area contributed by atoms with Crippen molar-refractivity contribution >= 4 is 33.7 Å². The number of terminal acetylenes is 1. The van der Waals surface area contributed by atoms with Gasteiger partial charge in [-0.1, -0.05) is 17.1 Å². The fraction of sp³-hybridized carbons (Fsp3) is 0.143. The van der Waals surface area contributed by atoms with E-state index in [9.17, 15) is 4.79 Å². The summed E-state index contributed by atoms with van der Waals surface area (Å²) >= 11 is 3.39. The maximum atomic E-state index is 11.4. The number of hydrogen-bond donors (Lipinski definition) is 0. The van der Waals surface area contributed by atoms with Gasteiger partial charge in [-0.05, 0) is 46.6 Å². The summed E-state index contributed by atoms with van der Waals surface area (Å²) in [6.07, 6.45) is 6.84. The molecule has 5 heteroatoms. The molecule has 0 N–H and O–H groups in total. The third kappa shape index (κ3) is 3.04. The van der Waals surface area contributed by atoms with E-state index in [1.165, 1.54) is 0 Å². The first kappa shape index (κ1) is 13.4. The lowest BCUT2D eigenvalue weighted by Gasteiger charge is -2.05. The Kier molecular flexibility index (Phi) is 4.03. The zero-order chi connectivity index (χ0) is 13.8. The molecule has 2 rings (SSSR count). The first-order chi connectivity index (χ1) is 9.11. The Hall–Kier alpha value is -2.06. The van der Waals surface area contributed by atoms with E-state index in [1.54, 1.807) is 19.1 Å². The number of oxime groups is 1. The van der Waals surface area contributed by atoms with Crippen LogP contribution in [0.1, 0.15) is 12.5 Å². The van der Waals surface area contributed by atoms with Crippen molar-refractivity contribution in [1.29, 1.82) is 0 Å². The maximum absolute atomic E-state index is 11.4. The van der Waals surface area contributed by atoms with Gasteiger partial charge in [0, 0.05) is 0 Å². The molecule has 4 nitrogen and oxygen atoms in total. The van der Waals surface area contributed by atoms with Crippen LogP contribution in [0.4, 0.5) is 0 Å². The molecule has 1 aromatic rings. The third-order valence-electron chi connectivity index (χ3n) is 2.45. The summed E-state index contributed by atoms with van der Waals surface area (Å²) in [5, 5.41) is 3.62. The van der Waals surface area contributed by atoms with Crippen molar-refractivity contribution in [2.45, 2.75) is 6.92 Å². The lowest BCUT2D eigenvalue weighted by atomic mass is 10.1. The minimum absolute atomic E-state index is 0.205. The first-order valence-corrected chi connectivity index (χ1v) is 6.25. The van der Waals surface area contributed by atoms with Crippen LogP contribution in [0.5, 0.6) is 5.75 Å². The van der Waals surface area contributed by atoms with Gasteiger partial charge in [-0.2, -0.15) is 0 Å². The molecule has 96 valence electrons. The van der Waals surface area contributed by atoms with E-state index in [0.29, 0.717) is 17.0 Å². The Bertz CT molecular complexity index is 626. The van der Waals surface area contributed by atoms with Gasteiger partial charge in [0.05, 0.1) is 15.8 Å². The predicted molar refractivity (Wildman–Crippen MR) is 75.6 cm³/mol. The molecule has 0 bridgehead atoms. The van der Waals surface area contributed by atoms with Crippen molar-refractivity contribution < 1.29 is 14.4 Å². The molecule has 0 unspecified atom stereocenters. The molecule has 1 aliphatic rings. The van der Waals surface area contributed by atoms with Crippen LogP contribution in [0, 0.1) is 12.3 Å². The molecule has 0 fully saturated rings. The van der Waals surface area contributed by atoms with Crippen LogP contribution in [0.15, 0.2) is 33.4 Å². The molecule has 0 aliphatic carbocycles. The van der Waals surface area contributed by atoms with Crippen molar-refractivity contribution in [3.05, 3.63) is 33.8 Å². The summed E-state index contributed by atoms with van der Waals surface area (Å²) < 4.78 is 6.10. The number of rotatable bonds is 3. The molecule has 0 radical (unpaired) electrons. The van der Waals surface area contributed by atoms with Crippen LogP contribution < -0.4 is 4.74 Å². The zero-order valence-electron chi connectivity index (χ0n) is 10.1. The highest BCUT2D eigenvalue weighted by atomic mass is 79.9. The maximum Gasteiger partial charge on any atom is 0.367 e. The second kappa shape index (κ2) is 5.72. The normalized spacial score (nSPS) is 15.9.